The predicted molar refractivity (Wildman–Crippen MR) is 105 cm³/mol. The van der Waals surface area contributed by atoms with E-state index in [4.69, 9.17) is 0 Å². The zero-order valence-electron chi connectivity index (χ0n) is 15.0. The van der Waals surface area contributed by atoms with Crippen LogP contribution in [-0.2, 0) is 15.1 Å². The number of para-hydroxylation sites is 2. The molecule has 2 aliphatic rings. The largest absolute Gasteiger partial charge is 0.380 e. The Morgan fingerprint density at radius 1 is 0.821 bits per heavy atom. The molecule has 5 rings (SSSR count). The number of nitrogens with zero attached hydrogens (tertiary/aromatic N) is 2. The van der Waals surface area contributed by atoms with Gasteiger partial charge in [0.05, 0.1) is 5.69 Å². The first-order chi connectivity index (χ1) is 13.7. The summed E-state index contributed by atoms with van der Waals surface area (Å²) in [6.07, 6.45) is -1.24. The van der Waals surface area contributed by atoms with E-state index >= 15 is 0 Å². The molecule has 1 fully saturated rings. The Labute approximate surface area is 162 Å². The van der Waals surface area contributed by atoms with Crippen LogP contribution >= 0.6 is 0 Å². The van der Waals surface area contributed by atoms with Crippen LogP contribution in [-0.4, -0.2) is 34.5 Å². The fourth-order valence-corrected chi connectivity index (χ4v) is 4.43. The standard InChI is InChI=1S/C23H18N2O3/c26-20-15-24-22(28)21(27)23(24,16-9-3-1-4-10-16)18-13-7-8-14-19(18)25(20)17-11-5-2-6-12-17/h1-14,21,27H,15H2/t21-,23+/m1/s1. The second kappa shape index (κ2) is 6.04. The summed E-state index contributed by atoms with van der Waals surface area (Å²) in [7, 11) is 0. The van der Waals surface area contributed by atoms with Gasteiger partial charge in [0.1, 0.15) is 12.1 Å². The maximum atomic E-state index is 13.2. The summed E-state index contributed by atoms with van der Waals surface area (Å²) in [4.78, 5) is 29.0. The van der Waals surface area contributed by atoms with Crippen LogP contribution in [0.15, 0.2) is 84.9 Å². The Bertz CT molecular complexity index is 1070. The van der Waals surface area contributed by atoms with Gasteiger partial charge in [-0.25, -0.2) is 0 Å². The lowest BCUT2D eigenvalue weighted by Crippen LogP contribution is -2.72. The minimum absolute atomic E-state index is 0.103. The smallest absolute Gasteiger partial charge is 0.256 e. The molecule has 2 aliphatic heterocycles. The SMILES string of the molecule is O=C1CN2C(=O)[C@@H](O)[C@]2(c2ccccc2)c2ccccc2N1c1ccccc1. The molecule has 2 atom stereocenters. The summed E-state index contributed by atoms with van der Waals surface area (Å²) in [5.74, 6) is -0.640. The molecule has 0 radical (unpaired) electrons. The number of β-lactam (4-membered cyclic amide) rings is 1. The van der Waals surface area contributed by atoms with Gasteiger partial charge in [0.25, 0.3) is 11.8 Å². The Morgan fingerprint density at radius 2 is 1.43 bits per heavy atom. The van der Waals surface area contributed by atoms with Crippen LogP contribution in [0.4, 0.5) is 11.4 Å². The number of amides is 2. The van der Waals surface area contributed by atoms with E-state index in [1.54, 1.807) is 4.90 Å². The van der Waals surface area contributed by atoms with Crippen LogP contribution in [0.3, 0.4) is 0 Å². The summed E-state index contributed by atoms with van der Waals surface area (Å²) in [6.45, 7) is -0.103. The molecule has 0 aliphatic carbocycles. The van der Waals surface area contributed by atoms with Gasteiger partial charge in [0.15, 0.2) is 6.10 Å². The van der Waals surface area contributed by atoms with E-state index < -0.39 is 17.6 Å². The third-order valence-electron chi connectivity index (χ3n) is 5.65. The monoisotopic (exact) mass is 370 g/mol. The van der Waals surface area contributed by atoms with Gasteiger partial charge in [-0.1, -0.05) is 66.7 Å². The maximum Gasteiger partial charge on any atom is 0.256 e. The highest BCUT2D eigenvalue weighted by Gasteiger charge is 2.64. The molecule has 1 N–H and O–H groups in total. The van der Waals surface area contributed by atoms with E-state index in [1.807, 2.05) is 84.9 Å². The molecule has 28 heavy (non-hydrogen) atoms. The van der Waals surface area contributed by atoms with Crippen molar-refractivity contribution in [2.45, 2.75) is 11.6 Å². The van der Waals surface area contributed by atoms with Gasteiger partial charge in [0, 0.05) is 11.3 Å². The molecule has 0 saturated carbocycles. The van der Waals surface area contributed by atoms with Gasteiger partial charge in [-0.05, 0) is 23.8 Å². The highest BCUT2D eigenvalue weighted by molar-refractivity contribution is 6.08. The van der Waals surface area contributed by atoms with E-state index in [1.165, 1.54) is 4.90 Å². The minimum Gasteiger partial charge on any atom is -0.380 e. The number of carbonyl (C=O) groups is 2. The molecule has 2 heterocycles. The lowest BCUT2D eigenvalue weighted by atomic mass is 9.69. The van der Waals surface area contributed by atoms with Crippen LogP contribution in [0.5, 0.6) is 0 Å². The van der Waals surface area contributed by atoms with Crippen molar-refractivity contribution in [1.29, 1.82) is 0 Å². The Hall–Kier alpha value is -3.44. The molecule has 0 aromatic heterocycles. The van der Waals surface area contributed by atoms with Crippen molar-refractivity contribution < 1.29 is 14.7 Å². The van der Waals surface area contributed by atoms with Gasteiger partial charge in [-0.15, -0.1) is 0 Å². The quantitative estimate of drug-likeness (QED) is 0.706. The number of benzene rings is 3. The number of carbonyl (C=O) groups excluding carboxylic acids is 2. The predicted octanol–water partition coefficient (Wildman–Crippen LogP) is 2.81. The number of aliphatic hydroxyl groups is 1. The van der Waals surface area contributed by atoms with Crippen molar-refractivity contribution in [3.05, 3.63) is 96.1 Å². The number of aliphatic hydroxyl groups excluding tert-OH is 1. The van der Waals surface area contributed by atoms with Crippen molar-refractivity contribution in [2.75, 3.05) is 11.4 Å². The first-order valence-electron chi connectivity index (χ1n) is 9.18. The first kappa shape index (κ1) is 16.7. The lowest BCUT2D eigenvalue weighted by Gasteiger charge is -2.54. The molecule has 1 saturated heterocycles. The second-order valence-electron chi connectivity index (χ2n) is 7.04. The van der Waals surface area contributed by atoms with Gasteiger partial charge in [0.2, 0.25) is 0 Å². The van der Waals surface area contributed by atoms with Gasteiger partial charge in [-0.3, -0.25) is 14.5 Å². The van der Waals surface area contributed by atoms with Crippen molar-refractivity contribution in [2.24, 2.45) is 0 Å². The number of rotatable bonds is 2. The van der Waals surface area contributed by atoms with Crippen LogP contribution in [0.1, 0.15) is 11.1 Å². The van der Waals surface area contributed by atoms with E-state index in [2.05, 4.69) is 0 Å². The fourth-order valence-electron chi connectivity index (χ4n) is 4.43. The number of fused-ring (bicyclic) bond motifs is 3. The summed E-state index contributed by atoms with van der Waals surface area (Å²) in [5, 5.41) is 10.9. The highest BCUT2D eigenvalue weighted by atomic mass is 16.3. The normalized spacial score (nSPS) is 23.5. The zero-order valence-corrected chi connectivity index (χ0v) is 15.0. The van der Waals surface area contributed by atoms with Crippen molar-refractivity contribution in [3.63, 3.8) is 0 Å². The molecular weight excluding hydrogens is 352 g/mol. The summed E-state index contributed by atoms with van der Waals surface area (Å²) >= 11 is 0. The third-order valence-corrected chi connectivity index (χ3v) is 5.65. The van der Waals surface area contributed by atoms with Crippen molar-refractivity contribution in [3.8, 4) is 0 Å². The zero-order chi connectivity index (χ0) is 19.3. The van der Waals surface area contributed by atoms with E-state index in [-0.39, 0.29) is 12.5 Å². The molecule has 3 aromatic carbocycles. The van der Waals surface area contributed by atoms with Gasteiger partial charge >= 0.3 is 0 Å². The van der Waals surface area contributed by atoms with E-state index in [9.17, 15) is 14.7 Å². The molecule has 5 heteroatoms. The van der Waals surface area contributed by atoms with Crippen LogP contribution in [0, 0.1) is 0 Å². The second-order valence-corrected chi connectivity index (χ2v) is 7.04. The van der Waals surface area contributed by atoms with Crippen LogP contribution in [0.2, 0.25) is 0 Å². The van der Waals surface area contributed by atoms with E-state index in [0.717, 1.165) is 16.8 Å². The maximum absolute atomic E-state index is 13.2. The first-order valence-corrected chi connectivity index (χ1v) is 9.18. The number of anilines is 2. The van der Waals surface area contributed by atoms with E-state index in [0.29, 0.717) is 5.69 Å². The highest BCUT2D eigenvalue weighted by Crippen LogP contribution is 2.52. The van der Waals surface area contributed by atoms with Gasteiger partial charge in [-0.2, -0.15) is 0 Å². The molecule has 5 nitrogen and oxygen atoms in total. The molecule has 138 valence electrons. The molecule has 0 bridgehead atoms. The Kier molecular flexibility index (Phi) is 3.60. The average Bonchev–Trinajstić information content (AvgIpc) is 2.85. The summed E-state index contributed by atoms with van der Waals surface area (Å²) in [6, 6.07) is 26.3. The summed E-state index contributed by atoms with van der Waals surface area (Å²) in [5.41, 5.74) is 1.86. The fraction of sp³-hybridized carbons (Fsp3) is 0.130. The molecule has 0 spiro atoms. The third kappa shape index (κ3) is 2.05. The van der Waals surface area contributed by atoms with Crippen molar-refractivity contribution >= 4 is 23.2 Å². The van der Waals surface area contributed by atoms with Crippen LogP contribution < -0.4 is 4.90 Å². The molecule has 2 amide bonds. The molecule has 3 aromatic rings. The lowest BCUT2D eigenvalue weighted by molar-refractivity contribution is -0.181. The van der Waals surface area contributed by atoms with Crippen LogP contribution in [0.25, 0.3) is 0 Å². The Balaban J connectivity index is 1.81. The van der Waals surface area contributed by atoms with Crippen molar-refractivity contribution in [1.82, 2.24) is 4.90 Å². The summed E-state index contributed by atoms with van der Waals surface area (Å²) < 4.78 is 0. The topological polar surface area (TPSA) is 60.9 Å². The minimum atomic E-state index is -1.24. The molecular formula is C23H18N2O3. The molecule has 0 unspecified atom stereocenters. The number of hydrogen-bond acceptors (Lipinski definition) is 3. The Morgan fingerprint density at radius 3 is 2.14 bits per heavy atom. The number of hydrogen-bond donors (Lipinski definition) is 1. The van der Waals surface area contributed by atoms with Gasteiger partial charge < -0.3 is 10.0 Å². The average molecular weight is 370 g/mol.